The van der Waals surface area contributed by atoms with E-state index in [0.717, 1.165) is 12.1 Å². The fraction of sp³-hybridized carbons (Fsp3) is 0.200. The molecule has 0 fully saturated rings. The first kappa shape index (κ1) is 26.7. The molecule has 0 spiro atoms. The first-order valence-corrected chi connectivity index (χ1v) is 12.8. The van der Waals surface area contributed by atoms with E-state index in [4.69, 9.17) is 4.74 Å². The maximum Gasteiger partial charge on any atom is 0.264 e. The Morgan fingerprint density at radius 2 is 1.87 bits per heavy atom. The van der Waals surface area contributed by atoms with Crippen LogP contribution >= 0.6 is 0 Å². The van der Waals surface area contributed by atoms with Gasteiger partial charge in [0.25, 0.3) is 15.6 Å². The number of halogens is 2. The highest BCUT2D eigenvalue weighted by molar-refractivity contribution is 7.92. The maximum atomic E-state index is 14.2. The zero-order chi connectivity index (χ0) is 27.6. The minimum atomic E-state index is -4.47. The number of fused-ring (bicyclic) bond motifs is 1. The lowest BCUT2D eigenvalue weighted by atomic mass is 10.0. The second-order valence-electron chi connectivity index (χ2n) is 8.41. The van der Waals surface area contributed by atoms with Crippen molar-refractivity contribution in [1.29, 1.82) is 0 Å². The molecule has 1 amide bonds. The Hall–Kier alpha value is -4.39. The number of aromatic nitrogens is 3. The van der Waals surface area contributed by atoms with Gasteiger partial charge in [0.05, 0.1) is 30.3 Å². The normalized spacial score (nSPS) is 12.2. The Morgan fingerprint density at radius 1 is 1.11 bits per heavy atom. The lowest BCUT2D eigenvalue weighted by molar-refractivity contribution is -0.124. The molecule has 0 saturated heterocycles. The average molecular weight is 544 g/mol. The number of rotatable bonds is 8. The van der Waals surface area contributed by atoms with Crippen LogP contribution in [0.2, 0.25) is 0 Å². The Morgan fingerprint density at radius 3 is 2.55 bits per heavy atom. The van der Waals surface area contributed by atoms with Crippen molar-refractivity contribution in [3.8, 4) is 17.0 Å². The first-order chi connectivity index (χ1) is 18.0. The number of carbonyl (C=O) groups excluding carboxylic acids is 1. The van der Waals surface area contributed by atoms with Crippen LogP contribution in [0.4, 0.5) is 14.5 Å². The molecule has 0 aliphatic rings. The highest BCUT2D eigenvalue weighted by Gasteiger charge is 2.22. The predicted octanol–water partition coefficient (Wildman–Crippen LogP) is 2.93. The van der Waals surface area contributed by atoms with Crippen molar-refractivity contribution in [2.24, 2.45) is 5.92 Å². The van der Waals surface area contributed by atoms with Crippen molar-refractivity contribution < 1.29 is 26.7 Å². The van der Waals surface area contributed by atoms with Crippen LogP contribution in [-0.2, 0) is 21.4 Å². The summed E-state index contributed by atoms with van der Waals surface area (Å²) in [6.45, 7) is 1.82. The molecule has 4 aromatic rings. The highest BCUT2D eigenvalue weighted by atomic mass is 32.2. The number of ether oxygens (including phenoxy) is 1. The van der Waals surface area contributed by atoms with Gasteiger partial charge in [-0.1, -0.05) is 13.0 Å². The van der Waals surface area contributed by atoms with Gasteiger partial charge in [0.2, 0.25) is 11.8 Å². The fourth-order valence-electron chi connectivity index (χ4n) is 3.83. The standard InChI is InChI=1S/C25H23F2N5O5S/c1-14(23(33)28-2)12-32-13-30-20-6-4-15(8-18(20)25(32)34)16-9-21(24(37-3)29-11-16)31-38(35,36)22-7-5-17(26)10-19(22)27/h4-11,13-14,31H,12H2,1-3H3,(H,28,33). The minimum Gasteiger partial charge on any atom is -0.480 e. The molecule has 1 unspecified atom stereocenters. The number of hydrogen-bond acceptors (Lipinski definition) is 7. The van der Waals surface area contributed by atoms with E-state index in [0.29, 0.717) is 22.7 Å². The van der Waals surface area contributed by atoms with Gasteiger partial charge in [-0.05, 0) is 35.9 Å². The number of carbonyl (C=O) groups is 1. The summed E-state index contributed by atoms with van der Waals surface area (Å²) in [4.78, 5) is 32.7. The summed E-state index contributed by atoms with van der Waals surface area (Å²) in [6.07, 6.45) is 2.79. The quantitative estimate of drug-likeness (QED) is 0.349. The molecule has 4 rings (SSSR count). The smallest absolute Gasteiger partial charge is 0.264 e. The molecular formula is C25H23F2N5O5S. The zero-order valence-corrected chi connectivity index (χ0v) is 21.3. The van der Waals surface area contributed by atoms with Gasteiger partial charge in [-0.15, -0.1) is 0 Å². The van der Waals surface area contributed by atoms with E-state index in [9.17, 15) is 26.8 Å². The summed E-state index contributed by atoms with van der Waals surface area (Å²) >= 11 is 0. The van der Waals surface area contributed by atoms with E-state index in [1.807, 2.05) is 0 Å². The van der Waals surface area contributed by atoms with Crippen molar-refractivity contribution in [2.75, 3.05) is 18.9 Å². The molecule has 1 atom stereocenters. The van der Waals surface area contributed by atoms with Crippen LogP contribution in [0.25, 0.3) is 22.0 Å². The van der Waals surface area contributed by atoms with Gasteiger partial charge in [-0.3, -0.25) is 18.9 Å². The lowest BCUT2D eigenvalue weighted by Crippen LogP contribution is -2.32. The summed E-state index contributed by atoms with van der Waals surface area (Å²) in [7, 11) is -1.67. The van der Waals surface area contributed by atoms with Crippen molar-refractivity contribution in [1.82, 2.24) is 19.9 Å². The molecule has 2 aromatic carbocycles. The van der Waals surface area contributed by atoms with Crippen molar-refractivity contribution in [2.45, 2.75) is 18.4 Å². The molecule has 2 aromatic heterocycles. The number of methoxy groups -OCH3 is 1. The predicted molar refractivity (Wildman–Crippen MR) is 136 cm³/mol. The Labute approximate surface area is 216 Å². The molecule has 38 heavy (non-hydrogen) atoms. The third-order valence-corrected chi connectivity index (χ3v) is 7.19. The molecule has 13 heteroatoms. The summed E-state index contributed by atoms with van der Waals surface area (Å²) < 4.78 is 61.8. The van der Waals surface area contributed by atoms with Crippen LogP contribution < -0.4 is 20.3 Å². The summed E-state index contributed by atoms with van der Waals surface area (Å²) in [5.41, 5.74) is 0.894. The largest absolute Gasteiger partial charge is 0.480 e. The topological polar surface area (TPSA) is 132 Å². The van der Waals surface area contributed by atoms with E-state index in [2.05, 4.69) is 20.0 Å². The molecule has 0 aliphatic heterocycles. The van der Waals surface area contributed by atoms with E-state index < -0.39 is 32.5 Å². The number of hydrogen-bond donors (Lipinski definition) is 2. The molecule has 0 radical (unpaired) electrons. The SMILES string of the molecule is CNC(=O)C(C)Cn1cnc2ccc(-c3cnc(OC)c(NS(=O)(=O)c4ccc(F)cc4F)c3)cc2c1=O. The number of benzene rings is 2. The van der Waals surface area contributed by atoms with E-state index >= 15 is 0 Å². The Balaban J connectivity index is 1.73. The molecule has 0 aliphatic carbocycles. The van der Waals surface area contributed by atoms with Gasteiger partial charge >= 0.3 is 0 Å². The first-order valence-electron chi connectivity index (χ1n) is 11.3. The monoisotopic (exact) mass is 543 g/mol. The molecule has 2 heterocycles. The van der Waals surface area contributed by atoms with E-state index in [1.165, 1.54) is 37.3 Å². The van der Waals surface area contributed by atoms with Crippen molar-refractivity contribution >= 4 is 32.5 Å². The van der Waals surface area contributed by atoms with Crippen LogP contribution in [0.3, 0.4) is 0 Å². The lowest BCUT2D eigenvalue weighted by Gasteiger charge is -2.14. The Bertz CT molecular complexity index is 1710. The van der Waals surface area contributed by atoms with Crippen LogP contribution in [0.15, 0.2) is 64.7 Å². The van der Waals surface area contributed by atoms with E-state index in [-0.39, 0.29) is 35.0 Å². The van der Waals surface area contributed by atoms with Crippen molar-refractivity contribution in [3.05, 3.63) is 77.0 Å². The molecule has 198 valence electrons. The third kappa shape index (κ3) is 5.32. The highest BCUT2D eigenvalue weighted by Crippen LogP contribution is 2.31. The minimum absolute atomic E-state index is 0.0900. The molecular weight excluding hydrogens is 520 g/mol. The number of sulfonamides is 1. The summed E-state index contributed by atoms with van der Waals surface area (Å²) in [5, 5.41) is 2.82. The van der Waals surface area contributed by atoms with Gasteiger partial charge in [0, 0.05) is 31.4 Å². The molecule has 2 N–H and O–H groups in total. The second-order valence-corrected chi connectivity index (χ2v) is 10.1. The molecule has 0 saturated carbocycles. The summed E-state index contributed by atoms with van der Waals surface area (Å²) in [6, 6.07) is 8.39. The van der Waals surface area contributed by atoms with Gasteiger partial charge in [0.15, 0.2) is 0 Å². The maximum absolute atomic E-state index is 14.2. The second kappa shape index (κ2) is 10.5. The number of amides is 1. The Kier molecular flexibility index (Phi) is 7.39. The fourth-order valence-corrected chi connectivity index (χ4v) is 4.94. The third-order valence-electron chi connectivity index (χ3n) is 5.79. The van der Waals surface area contributed by atoms with Crippen LogP contribution in [0.5, 0.6) is 5.88 Å². The van der Waals surface area contributed by atoms with Crippen LogP contribution in [-0.4, -0.2) is 43.0 Å². The van der Waals surface area contributed by atoms with Gasteiger partial charge in [-0.25, -0.2) is 27.2 Å². The van der Waals surface area contributed by atoms with Crippen LogP contribution in [0.1, 0.15) is 6.92 Å². The van der Waals surface area contributed by atoms with Crippen LogP contribution in [0, 0.1) is 17.6 Å². The van der Waals surface area contributed by atoms with Gasteiger partial charge in [-0.2, -0.15) is 0 Å². The molecule has 10 nitrogen and oxygen atoms in total. The number of anilines is 1. The molecule has 0 bridgehead atoms. The number of nitrogens with one attached hydrogen (secondary N) is 2. The van der Waals surface area contributed by atoms with E-state index in [1.54, 1.807) is 25.1 Å². The van der Waals surface area contributed by atoms with Gasteiger partial charge < -0.3 is 10.1 Å². The number of nitrogens with zero attached hydrogens (tertiary/aromatic N) is 3. The zero-order valence-electron chi connectivity index (χ0n) is 20.5. The van der Waals surface area contributed by atoms with Gasteiger partial charge in [0.1, 0.15) is 22.2 Å². The summed E-state index contributed by atoms with van der Waals surface area (Å²) in [5.74, 6) is -2.95. The van der Waals surface area contributed by atoms with Crippen molar-refractivity contribution in [3.63, 3.8) is 0 Å². The number of pyridine rings is 1. The average Bonchev–Trinajstić information content (AvgIpc) is 2.89.